The van der Waals surface area contributed by atoms with E-state index in [2.05, 4.69) is 30.3 Å². The summed E-state index contributed by atoms with van der Waals surface area (Å²) in [6.45, 7) is 5.75. The molecule has 0 N–H and O–H groups in total. The van der Waals surface area contributed by atoms with Crippen molar-refractivity contribution in [2.45, 2.75) is 31.9 Å². The molecule has 2 aromatic rings. The molecule has 1 atom stereocenters. The molecule has 0 aromatic heterocycles. The molecule has 2 nitrogen and oxygen atoms in total. The zero-order valence-electron chi connectivity index (χ0n) is 12.0. The average molecular weight is 286 g/mol. The topological polar surface area (TPSA) is 26.3 Å². The second-order valence-corrected chi connectivity index (χ2v) is 7.91. The Morgan fingerprint density at radius 3 is 2.45 bits per heavy atom. The van der Waals surface area contributed by atoms with Gasteiger partial charge in [0, 0.05) is 12.0 Å². The average Bonchev–Trinajstić information content (AvgIpc) is 2.77. The van der Waals surface area contributed by atoms with Gasteiger partial charge in [0.25, 0.3) is 0 Å². The first-order valence-corrected chi connectivity index (χ1v) is 7.84. The first kappa shape index (κ1) is 13.4. The third-order valence-electron chi connectivity index (χ3n) is 3.47. The maximum atomic E-state index is 12.2. The van der Waals surface area contributed by atoms with Crippen LogP contribution in [0.5, 0.6) is 5.75 Å². The van der Waals surface area contributed by atoms with Gasteiger partial charge in [0.2, 0.25) is 11.1 Å². The van der Waals surface area contributed by atoms with Gasteiger partial charge in [-0.2, -0.15) is 0 Å². The molecule has 3 rings (SSSR count). The van der Waals surface area contributed by atoms with E-state index in [-0.39, 0.29) is 4.75 Å². The van der Waals surface area contributed by atoms with Gasteiger partial charge in [0.1, 0.15) is 5.75 Å². The molecule has 0 fully saturated rings. The lowest BCUT2D eigenvalue weighted by Crippen LogP contribution is -2.25. The van der Waals surface area contributed by atoms with E-state index in [1.165, 1.54) is 16.7 Å². The number of fused-ring (bicyclic) bond motifs is 3. The molecule has 0 saturated carbocycles. The summed E-state index contributed by atoms with van der Waals surface area (Å²) in [7, 11) is 0. The van der Waals surface area contributed by atoms with Gasteiger partial charge in [-0.1, -0.05) is 36.4 Å². The van der Waals surface area contributed by atoms with Crippen molar-refractivity contribution in [3.8, 4) is 16.9 Å². The Kier molecular flexibility index (Phi) is 3.17. The highest BCUT2D eigenvalue weighted by molar-refractivity contribution is 7.82. The van der Waals surface area contributed by atoms with Gasteiger partial charge in [0.05, 0.1) is 4.75 Å². The number of rotatable bonds is 2. The largest absolute Gasteiger partial charge is 0.400 e. The third kappa shape index (κ3) is 2.27. The number of hydrogen-bond donors (Lipinski definition) is 0. The predicted octanol–water partition coefficient (Wildman–Crippen LogP) is 4.10. The van der Waals surface area contributed by atoms with E-state index < -0.39 is 11.1 Å². The summed E-state index contributed by atoms with van der Waals surface area (Å²) in [5.41, 5.74) is 4.91. The van der Waals surface area contributed by atoms with Crippen LogP contribution in [0.1, 0.15) is 31.9 Å². The minimum absolute atomic E-state index is 0.381. The van der Waals surface area contributed by atoms with E-state index in [4.69, 9.17) is 4.18 Å². The maximum absolute atomic E-state index is 12.2. The Labute approximate surface area is 122 Å². The standard InChI is InChI=1S/C17H18O2S/c1-17(2,3)20(18)19-16-10-6-9-14-13-8-5-4-7-12(13)11-15(14)16/h4-10H,11H2,1-3H3. The molecule has 0 radical (unpaired) electrons. The Bertz CT molecular complexity index is 684. The second-order valence-electron chi connectivity index (χ2n) is 6.05. The molecule has 0 spiro atoms. The molecule has 0 heterocycles. The summed E-state index contributed by atoms with van der Waals surface area (Å²) < 4.78 is 17.5. The fourth-order valence-electron chi connectivity index (χ4n) is 2.41. The molecule has 0 bridgehead atoms. The molecule has 2 aromatic carbocycles. The normalized spacial score (nSPS) is 14.6. The lowest BCUT2D eigenvalue weighted by molar-refractivity contribution is 0.526. The van der Waals surface area contributed by atoms with Crippen molar-refractivity contribution in [2.24, 2.45) is 0 Å². The minimum atomic E-state index is -1.35. The van der Waals surface area contributed by atoms with Crippen LogP contribution in [0.15, 0.2) is 42.5 Å². The molecular weight excluding hydrogens is 268 g/mol. The van der Waals surface area contributed by atoms with Crippen LogP contribution in [-0.2, 0) is 17.5 Å². The van der Waals surface area contributed by atoms with E-state index in [9.17, 15) is 4.21 Å². The monoisotopic (exact) mass is 286 g/mol. The van der Waals surface area contributed by atoms with Crippen LogP contribution in [0.3, 0.4) is 0 Å². The van der Waals surface area contributed by atoms with Gasteiger partial charge in [-0.05, 0) is 43.5 Å². The van der Waals surface area contributed by atoms with Crippen molar-refractivity contribution < 1.29 is 8.39 Å². The van der Waals surface area contributed by atoms with Gasteiger partial charge in [-0.25, -0.2) is 4.21 Å². The van der Waals surface area contributed by atoms with E-state index in [1.807, 2.05) is 32.9 Å². The van der Waals surface area contributed by atoms with Crippen molar-refractivity contribution in [3.05, 3.63) is 53.6 Å². The fraction of sp³-hybridized carbons (Fsp3) is 0.294. The Balaban J connectivity index is 2.00. The lowest BCUT2D eigenvalue weighted by Gasteiger charge is -2.18. The Morgan fingerprint density at radius 1 is 1.00 bits per heavy atom. The quantitative estimate of drug-likeness (QED) is 0.709. The highest BCUT2D eigenvalue weighted by atomic mass is 32.2. The molecule has 1 unspecified atom stereocenters. The van der Waals surface area contributed by atoms with E-state index in [1.54, 1.807) is 0 Å². The first-order valence-electron chi connectivity index (χ1n) is 6.77. The number of benzene rings is 2. The molecular formula is C17H18O2S. The van der Waals surface area contributed by atoms with Gasteiger partial charge in [-0.15, -0.1) is 0 Å². The summed E-state index contributed by atoms with van der Waals surface area (Å²) in [6, 6.07) is 14.4. The smallest absolute Gasteiger partial charge is 0.212 e. The van der Waals surface area contributed by atoms with Crippen LogP contribution in [0.25, 0.3) is 11.1 Å². The third-order valence-corrected chi connectivity index (χ3v) is 4.80. The van der Waals surface area contributed by atoms with E-state index >= 15 is 0 Å². The summed E-state index contributed by atoms with van der Waals surface area (Å²) in [4.78, 5) is 0. The Hall–Kier alpha value is -1.61. The van der Waals surface area contributed by atoms with Crippen molar-refractivity contribution in [1.29, 1.82) is 0 Å². The van der Waals surface area contributed by atoms with E-state index in [0.29, 0.717) is 0 Å². The van der Waals surface area contributed by atoms with Crippen molar-refractivity contribution in [2.75, 3.05) is 0 Å². The van der Waals surface area contributed by atoms with Crippen LogP contribution in [-0.4, -0.2) is 8.96 Å². The van der Waals surface area contributed by atoms with Crippen LogP contribution in [0.2, 0.25) is 0 Å². The zero-order chi connectivity index (χ0) is 14.3. The van der Waals surface area contributed by atoms with Crippen LogP contribution < -0.4 is 4.18 Å². The van der Waals surface area contributed by atoms with Crippen molar-refractivity contribution in [3.63, 3.8) is 0 Å². The van der Waals surface area contributed by atoms with Gasteiger partial charge in [0.15, 0.2) is 0 Å². The second kappa shape index (κ2) is 4.74. The maximum Gasteiger partial charge on any atom is 0.212 e. The van der Waals surface area contributed by atoms with Crippen LogP contribution in [0, 0.1) is 0 Å². The molecule has 3 heteroatoms. The summed E-state index contributed by atoms with van der Waals surface area (Å²) in [5.74, 6) is 0.743. The summed E-state index contributed by atoms with van der Waals surface area (Å²) in [6.07, 6.45) is 0.850. The van der Waals surface area contributed by atoms with Gasteiger partial charge >= 0.3 is 0 Å². The molecule has 20 heavy (non-hydrogen) atoms. The molecule has 1 aliphatic carbocycles. The molecule has 104 valence electrons. The molecule has 0 saturated heterocycles. The number of hydrogen-bond acceptors (Lipinski definition) is 2. The molecule has 0 aliphatic heterocycles. The van der Waals surface area contributed by atoms with Crippen LogP contribution in [0.4, 0.5) is 0 Å². The van der Waals surface area contributed by atoms with Crippen molar-refractivity contribution >= 4 is 11.1 Å². The Morgan fingerprint density at radius 2 is 1.70 bits per heavy atom. The van der Waals surface area contributed by atoms with Crippen LogP contribution >= 0.6 is 0 Å². The highest BCUT2D eigenvalue weighted by Gasteiger charge is 2.26. The predicted molar refractivity (Wildman–Crippen MR) is 83.2 cm³/mol. The zero-order valence-corrected chi connectivity index (χ0v) is 12.8. The van der Waals surface area contributed by atoms with Gasteiger partial charge in [-0.3, -0.25) is 0 Å². The molecule has 0 amide bonds. The SMILES string of the molecule is CC(C)(C)S(=O)Oc1cccc2c1Cc1ccccc1-2. The minimum Gasteiger partial charge on any atom is -0.400 e. The fourth-order valence-corrected chi connectivity index (χ4v) is 2.98. The first-order chi connectivity index (χ1) is 9.47. The summed E-state index contributed by atoms with van der Waals surface area (Å²) >= 11 is -1.35. The summed E-state index contributed by atoms with van der Waals surface area (Å²) in [5, 5.41) is 0. The lowest BCUT2D eigenvalue weighted by atomic mass is 10.1. The van der Waals surface area contributed by atoms with E-state index in [0.717, 1.165) is 17.7 Å². The highest BCUT2D eigenvalue weighted by Crippen LogP contribution is 2.41. The van der Waals surface area contributed by atoms with Gasteiger partial charge < -0.3 is 4.18 Å². The molecule has 1 aliphatic rings. The van der Waals surface area contributed by atoms with Crippen molar-refractivity contribution in [1.82, 2.24) is 0 Å².